The van der Waals surface area contributed by atoms with Crippen LogP contribution in [-0.2, 0) is 14.3 Å². The van der Waals surface area contributed by atoms with E-state index in [1.54, 1.807) is 10.9 Å². The molecule has 2 N–H and O–H groups in total. The number of nitrogens with zero attached hydrogens (tertiary/aromatic N) is 4. The van der Waals surface area contributed by atoms with Gasteiger partial charge in [-0.15, -0.1) is 0 Å². The highest BCUT2D eigenvalue weighted by Crippen LogP contribution is 2.38. The number of hydrogen-bond acceptors (Lipinski definition) is 8. The first-order chi connectivity index (χ1) is 12.9. The van der Waals surface area contributed by atoms with Crippen molar-refractivity contribution in [3.05, 3.63) is 6.33 Å². The van der Waals surface area contributed by atoms with Gasteiger partial charge in [0, 0.05) is 6.92 Å². The number of ether oxygens (including phenoxy) is 3. The van der Waals surface area contributed by atoms with Gasteiger partial charge in [0.05, 0.1) is 17.3 Å². The number of nitrogen functional groups attached to an aromatic ring is 1. The lowest BCUT2D eigenvalue weighted by Crippen LogP contribution is -2.31. The molecule has 0 aromatic carbocycles. The van der Waals surface area contributed by atoms with Crippen LogP contribution in [-0.4, -0.2) is 48.6 Å². The van der Waals surface area contributed by atoms with Gasteiger partial charge in [0.1, 0.15) is 12.2 Å². The van der Waals surface area contributed by atoms with E-state index in [1.807, 2.05) is 6.92 Å². The summed E-state index contributed by atoms with van der Waals surface area (Å²) in [4.78, 5) is 24.2. The molecule has 1 aliphatic carbocycles. The number of nitrogens with two attached hydrogens (primary N) is 1. The van der Waals surface area contributed by atoms with Crippen molar-refractivity contribution in [2.24, 2.45) is 0 Å². The minimum atomic E-state index is -0.456. The molecule has 0 spiro atoms. The minimum Gasteiger partial charge on any atom is -0.460 e. The molecule has 4 rings (SSSR count). The Morgan fingerprint density at radius 1 is 1.37 bits per heavy atom. The van der Waals surface area contributed by atoms with Crippen LogP contribution >= 0.6 is 15.9 Å². The van der Waals surface area contributed by atoms with Gasteiger partial charge in [-0.3, -0.25) is 9.36 Å². The third-order valence-corrected chi connectivity index (χ3v) is 5.95. The number of halogens is 1. The maximum absolute atomic E-state index is 11.4. The normalized spacial score (nSPS) is 28.7. The molecule has 2 aromatic heterocycles. The number of fused-ring (bicyclic) bond motifs is 1. The maximum Gasteiger partial charge on any atom is 0.320 e. The molecule has 1 saturated carbocycles. The van der Waals surface area contributed by atoms with Gasteiger partial charge in [0.15, 0.2) is 23.2 Å². The van der Waals surface area contributed by atoms with Crippen molar-refractivity contribution >= 4 is 38.9 Å². The third-order valence-electron chi connectivity index (χ3n) is 4.98. The lowest BCUT2D eigenvalue weighted by Gasteiger charge is -2.18. The lowest BCUT2D eigenvalue weighted by atomic mass is 10.2. The van der Waals surface area contributed by atoms with Crippen LogP contribution in [0.2, 0.25) is 0 Å². The zero-order chi connectivity index (χ0) is 19.1. The van der Waals surface area contributed by atoms with Gasteiger partial charge < -0.3 is 19.9 Å². The lowest BCUT2D eigenvalue weighted by molar-refractivity contribution is -0.148. The van der Waals surface area contributed by atoms with Gasteiger partial charge in [-0.25, -0.2) is 4.98 Å². The van der Waals surface area contributed by atoms with Crippen LogP contribution < -0.4 is 10.5 Å². The summed E-state index contributed by atoms with van der Waals surface area (Å²) < 4.78 is 19.1. The molecule has 4 atom stereocenters. The predicted octanol–water partition coefficient (Wildman–Crippen LogP) is 2.34. The second-order valence-electron chi connectivity index (χ2n) is 6.99. The van der Waals surface area contributed by atoms with Gasteiger partial charge >= 0.3 is 12.0 Å². The summed E-state index contributed by atoms with van der Waals surface area (Å²) in [6.45, 7) is 3.24. The Kier molecular flexibility index (Phi) is 4.94. The Bertz CT molecular complexity index is 853. The summed E-state index contributed by atoms with van der Waals surface area (Å²) in [5.41, 5.74) is 7.08. The molecule has 2 aromatic rings. The SMILES string of the molecule is CC(=O)O[C@H]1[C@@H](Br)[C@H](n2cnc3c(N)nc(OC4CCCC4)nc32)O[C@@H]1C. The standard InChI is InChI=1S/C17H22BrN5O4/c1-8-13(26-9(2)24)11(18)16(25-8)23-7-20-12-14(19)21-17(22-15(12)23)27-10-5-3-4-6-10/h7-8,10-11,13,16H,3-6H2,1-2H3,(H2,19,21,22)/t8-,11-,13-,16-/m1/s1. The number of carbonyl (C=O) groups is 1. The highest BCUT2D eigenvalue weighted by Gasteiger charge is 2.44. The van der Waals surface area contributed by atoms with E-state index in [0.717, 1.165) is 25.7 Å². The number of anilines is 1. The van der Waals surface area contributed by atoms with Gasteiger partial charge in [0.25, 0.3) is 0 Å². The fourth-order valence-corrected chi connectivity index (χ4v) is 4.59. The summed E-state index contributed by atoms with van der Waals surface area (Å²) in [6, 6.07) is 0.252. The van der Waals surface area contributed by atoms with Crippen LogP contribution in [0, 0.1) is 0 Å². The Labute approximate surface area is 164 Å². The van der Waals surface area contributed by atoms with Crippen molar-refractivity contribution in [2.75, 3.05) is 5.73 Å². The van der Waals surface area contributed by atoms with Crippen molar-refractivity contribution in [3.63, 3.8) is 0 Å². The van der Waals surface area contributed by atoms with E-state index in [0.29, 0.717) is 11.2 Å². The van der Waals surface area contributed by atoms with Crippen molar-refractivity contribution < 1.29 is 19.0 Å². The summed E-state index contributed by atoms with van der Waals surface area (Å²) in [5, 5.41) is 0. The van der Waals surface area contributed by atoms with Crippen LogP contribution in [0.15, 0.2) is 6.33 Å². The Morgan fingerprint density at radius 3 is 2.81 bits per heavy atom. The van der Waals surface area contributed by atoms with Crippen LogP contribution in [0.4, 0.5) is 5.82 Å². The van der Waals surface area contributed by atoms with Crippen LogP contribution in [0.1, 0.15) is 45.8 Å². The molecule has 0 bridgehead atoms. The van der Waals surface area contributed by atoms with Gasteiger partial charge in [-0.2, -0.15) is 9.97 Å². The average Bonchev–Trinajstić information content (AvgIpc) is 3.31. The summed E-state index contributed by atoms with van der Waals surface area (Å²) in [5.74, 6) is -0.0877. The Morgan fingerprint density at radius 2 is 2.11 bits per heavy atom. The molecule has 0 radical (unpaired) electrons. The largest absolute Gasteiger partial charge is 0.460 e. The van der Waals surface area contributed by atoms with Crippen molar-refractivity contribution in [1.29, 1.82) is 0 Å². The summed E-state index contributed by atoms with van der Waals surface area (Å²) in [6.07, 6.45) is 4.87. The van der Waals surface area contributed by atoms with E-state index in [-0.39, 0.29) is 34.8 Å². The Balaban J connectivity index is 1.65. The zero-order valence-electron chi connectivity index (χ0n) is 15.2. The number of rotatable bonds is 4. The first-order valence-electron chi connectivity index (χ1n) is 9.07. The second kappa shape index (κ2) is 7.23. The molecule has 0 unspecified atom stereocenters. The third kappa shape index (κ3) is 3.47. The summed E-state index contributed by atoms with van der Waals surface area (Å²) in [7, 11) is 0. The molecule has 10 heteroatoms. The van der Waals surface area contributed by atoms with E-state index >= 15 is 0 Å². The molecule has 2 aliphatic rings. The smallest absolute Gasteiger partial charge is 0.320 e. The van der Waals surface area contributed by atoms with E-state index in [9.17, 15) is 4.79 Å². The predicted molar refractivity (Wildman–Crippen MR) is 100 cm³/mol. The fourth-order valence-electron chi connectivity index (χ4n) is 3.68. The van der Waals surface area contributed by atoms with Crippen molar-refractivity contribution in [2.45, 2.75) is 68.9 Å². The van der Waals surface area contributed by atoms with Crippen molar-refractivity contribution in [3.8, 4) is 6.01 Å². The zero-order valence-corrected chi connectivity index (χ0v) is 16.8. The highest BCUT2D eigenvalue weighted by molar-refractivity contribution is 9.09. The van der Waals surface area contributed by atoms with E-state index in [4.69, 9.17) is 19.9 Å². The number of alkyl halides is 1. The fraction of sp³-hybridized carbons (Fsp3) is 0.647. The van der Waals surface area contributed by atoms with Crippen molar-refractivity contribution in [1.82, 2.24) is 19.5 Å². The molecular formula is C17H22BrN5O4. The minimum absolute atomic E-state index is 0.123. The van der Waals surface area contributed by atoms with Crippen LogP contribution in [0.3, 0.4) is 0 Å². The van der Waals surface area contributed by atoms with Crippen LogP contribution in [0.5, 0.6) is 6.01 Å². The van der Waals surface area contributed by atoms with Gasteiger partial charge in [-0.05, 0) is 32.6 Å². The van der Waals surface area contributed by atoms with Gasteiger partial charge in [0.2, 0.25) is 0 Å². The first kappa shape index (κ1) is 18.4. The molecule has 1 saturated heterocycles. The highest BCUT2D eigenvalue weighted by atomic mass is 79.9. The first-order valence-corrected chi connectivity index (χ1v) is 9.99. The van der Waals surface area contributed by atoms with E-state index in [1.165, 1.54) is 6.92 Å². The molecule has 27 heavy (non-hydrogen) atoms. The molecule has 9 nitrogen and oxygen atoms in total. The molecule has 2 fully saturated rings. The molecule has 146 valence electrons. The average molecular weight is 440 g/mol. The van der Waals surface area contributed by atoms with E-state index < -0.39 is 12.3 Å². The Hall–Kier alpha value is -1.94. The molecular weight excluding hydrogens is 418 g/mol. The molecule has 3 heterocycles. The quantitative estimate of drug-likeness (QED) is 0.569. The maximum atomic E-state index is 11.4. The number of esters is 1. The summed E-state index contributed by atoms with van der Waals surface area (Å²) >= 11 is 3.60. The van der Waals surface area contributed by atoms with Crippen LogP contribution in [0.25, 0.3) is 11.2 Å². The number of aromatic nitrogens is 4. The number of hydrogen-bond donors (Lipinski definition) is 1. The second-order valence-corrected chi connectivity index (χ2v) is 8.05. The topological polar surface area (TPSA) is 114 Å². The van der Waals surface area contributed by atoms with E-state index in [2.05, 4.69) is 30.9 Å². The number of imidazole rings is 1. The monoisotopic (exact) mass is 439 g/mol. The van der Waals surface area contributed by atoms with Gasteiger partial charge in [-0.1, -0.05) is 15.9 Å². The number of carbonyl (C=O) groups excluding carboxylic acids is 1. The molecule has 1 aliphatic heterocycles. The molecule has 0 amide bonds.